The van der Waals surface area contributed by atoms with E-state index in [1.165, 1.54) is 61.2 Å². The first-order valence-corrected chi connectivity index (χ1v) is 26.9. The quantitative estimate of drug-likeness (QED) is 0.166. The van der Waals surface area contributed by atoms with Crippen LogP contribution in [-0.4, -0.2) is 0 Å². The zero-order valence-electron chi connectivity index (χ0n) is 45.5. The average molecular weight is 967 g/mol. The Bertz CT molecular complexity index is 3620. The molecule has 9 aromatic rings. The minimum absolute atomic E-state index is 0.00328. The highest BCUT2D eigenvalue weighted by atomic mass is 16.3. The van der Waals surface area contributed by atoms with Gasteiger partial charge in [-0.3, -0.25) is 0 Å². The van der Waals surface area contributed by atoms with Gasteiger partial charge < -0.3 is 14.2 Å². The van der Waals surface area contributed by atoms with E-state index in [2.05, 4.69) is 281 Å². The first kappa shape index (κ1) is 47.6. The number of fused-ring (bicyclic) bond motifs is 14. The van der Waals surface area contributed by atoms with Gasteiger partial charge in [-0.15, -0.1) is 0 Å². The van der Waals surface area contributed by atoms with E-state index in [1.807, 2.05) is 0 Å². The number of allylic oxidation sites excluding steroid dienone is 3. The normalized spacial score (nSPS) is 15.8. The highest BCUT2D eigenvalue weighted by molar-refractivity contribution is 6.22. The van der Waals surface area contributed by atoms with Crippen molar-refractivity contribution in [1.29, 1.82) is 0 Å². The molecule has 1 heterocycles. The van der Waals surface area contributed by atoms with Crippen molar-refractivity contribution in [1.82, 2.24) is 0 Å². The number of hydrogen-bond donors (Lipinski definition) is 0. The number of para-hydroxylation sites is 1. The number of anilines is 5. The lowest BCUT2D eigenvalue weighted by molar-refractivity contribution is 0.293. The zero-order chi connectivity index (χ0) is 51.7. The molecular weight excluding hydrogens is 897 g/mol. The molecule has 370 valence electrons. The van der Waals surface area contributed by atoms with E-state index in [0.717, 1.165) is 62.5 Å². The van der Waals surface area contributed by atoms with E-state index >= 15 is 0 Å². The standard InChI is InChI=1S/C71H70N2O/c1-67(2,3)45-28-36-49(37-29-45)72(50-38-30-46(31-39-50)68(4,5)6)61-27-19-23-56-64-63-55-22-15-18-26-59(55)71(57-24-16-13-20-53(57)54-21-14-17-25-58(54)71)60(63)44-62(66(64)74-65(56)61)73(51-40-32-47(33-41-51)69(7,8)9)52-42-34-48(35-43-52)70(10,11)12/h13-34,36-44,48H,35H2,1-12H3. The number of benzene rings is 8. The van der Waals surface area contributed by atoms with Crippen molar-refractivity contribution < 1.29 is 4.42 Å². The third-order valence-corrected chi connectivity index (χ3v) is 16.6. The molecule has 3 aliphatic rings. The average Bonchev–Trinajstić information content (AvgIpc) is 4.18. The Kier molecular flexibility index (Phi) is 10.8. The molecule has 74 heavy (non-hydrogen) atoms. The van der Waals surface area contributed by atoms with Crippen molar-refractivity contribution >= 4 is 50.4 Å². The predicted octanol–water partition coefficient (Wildman–Crippen LogP) is 19.9. The molecule has 1 atom stereocenters. The van der Waals surface area contributed by atoms with Crippen LogP contribution < -0.4 is 9.80 Å². The van der Waals surface area contributed by atoms with Gasteiger partial charge in [0.05, 0.1) is 16.8 Å². The third-order valence-electron chi connectivity index (χ3n) is 16.6. The fraction of sp³-hybridized carbons (Fsp3) is 0.268. The van der Waals surface area contributed by atoms with Crippen molar-refractivity contribution in [3.8, 4) is 22.3 Å². The predicted molar refractivity (Wildman–Crippen MR) is 314 cm³/mol. The Balaban J connectivity index is 1.21. The Hall–Kier alpha value is -7.36. The first-order valence-electron chi connectivity index (χ1n) is 26.9. The van der Waals surface area contributed by atoms with Crippen LogP contribution in [0.3, 0.4) is 0 Å². The summed E-state index contributed by atoms with van der Waals surface area (Å²) in [5.41, 5.74) is 21.9. The van der Waals surface area contributed by atoms with Gasteiger partial charge in [0.15, 0.2) is 11.2 Å². The zero-order valence-corrected chi connectivity index (χ0v) is 45.5. The number of hydrogen-bond acceptors (Lipinski definition) is 3. The van der Waals surface area contributed by atoms with Crippen LogP contribution in [0.1, 0.15) is 128 Å². The van der Waals surface area contributed by atoms with Crippen LogP contribution in [0.15, 0.2) is 198 Å². The molecule has 0 radical (unpaired) electrons. The van der Waals surface area contributed by atoms with Crippen molar-refractivity contribution in [2.24, 2.45) is 11.3 Å². The van der Waals surface area contributed by atoms with Crippen LogP contribution in [0.5, 0.6) is 0 Å². The summed E-state index contributed by atoms with van der Waals surface area (Å²) in [5.74, 6) is 0.412. The molecule has 1 spiro atoms. The molecule has 12 rings (SSSR count). The maximum Gasteiger partial charge on any atom is 0.160 e. The third kappa shape index (κ3) is 7.44. The van der Waals surface area contributed by atoms with Gasteiger partial charge in [-0.25, -0.2) is 0 Å². The van der Waals surface area contributed by atoms with E-state index < -0.39 is 5.41 Å². The van der Waals surface area contributed by atoms with Gasteiger partial charge in [-0.2, -0.15) is 0 Å². The van der Waals surface area contributed by atoms with Gasteiger partial charge in [0, 0.05) is 33.5 Å². The highest BCUT2D eigenvalue weighted by Crippen LogP contribution is 2.66. The van der Waals surface area contributed by atoms with Crippen LogP contribution in [0.2, 0.25) is 0 Å². The summed E-state index contributed by atoms with van der Waals surface area (Å²) < 4.78 is 7.84. The summed E-state index contributed by atoms with van der Waals surface area (Å²) in [7, 11) is 0. The fourth-order valence-electron chi connectivity index (χ4n) is 12.5. The monoisotopic (exact) mass is 967 g/mol. The molecular formula is C71H70N2O. The molecule has 0 N–H and O–H groups in total. The molecule has 3 heteroatoms. The minimum Gasteiger partial charge on any atom is -0.452 e. The minimum atomic E-state index is -0.575. The molecule has 3 nitrogen and oxygen atoms in total. The number of nitrogens with zero attached hydrogens (tertiary/aromatic N) is 2. The van der Waals surface area contributed by atoms with Gasteiger partial charge in [0.2, 0.25) is 0 Å². The lowest BCUT2D eigenvalue weighted by Crippen LogP contribution is -2.27. The van der Waals surface area contributed by atoms with Crippen molar-refractivity contribution in [2.75, 3.05) is 9.80 Å². The molecule has 8 aromatic carbocycles. The fourth-order valence-corrected chi connectivity index (χ4v) is 12.5. The summed E-state index contributed by atoms with van der Waals surface area (Å²) >= 11 is 0. The second-order valence-electron chi connectivity index (χ2n) is 25.4. The van der Waals surface area contributed by atoms with Crippen LogP contribution in [0, 0.1) is 11.3 Å². The van der Waals surface area contributed by atoms with Gasteiger partial charge in [-0.05, 0) is 150 Å². The Morgan fingerprint density at radius 2 is 0.905 bits per heavy atom. The topological polar surface area (TPSA) is 19.6 Å². The molecule has 0 aliphatic heterocycles. The Morgan fingerprint density at radius 1 is 0.446 bits per heavy atom. The summed E-state index contributed by atoms with van der Waals surface area (Å²) in [5, 5.41) is 2.23. The van der Waals surface area contributed by atoms with Crippen molar-refractivity contribution in [3.05, 3.63) is 233 Å². The van der Waals surface area contributed by atoms with E-state index in [-0.39, 0.29) is 21.7 Å². The summed E-state index contributed by atoms with van der Waals surface area (Å²) in [6.07, 6.45) is 8.23. The smallest absolute Gasteiger partial charge is 0.160 e. The largest absolute Gasteiger partial charge is 0.452 e. The summed E-state index contributed by atoms with van der Waals surface area (Å²) in [4.78, 5) is 4.91. The van der Waals surface area contributed by atoms with Crippen LogP contribution in [0.4, 0.5) is 28.4 Å². The molecule has 1 unspecified atom stereocenters. The van der Waals surface area contributed by atoms with E-state index in [9.17, 15) is 0 Å². The Morgan fingerprint density at radius 3 is 1.36 bits per heavy atom. The van der Waals surface area contributed by atoms with Crippen molar-refractivity contribution in [3.63, 3.8) is 0 Å². The molecule has 0 fully saturated rings. The van der Waals surface area contributed by atoms with Crippen LogP contribution >= 0.6 is 0 Å². The molecule has 0 amide bonds. The second kappa shape index (κ2) is 16.8. The molecule has 0 bridgehead atoms. The van der Waals surface area contributed by atoms with E-state index in [0.29, 0.717) is 5.92 Å². The van der Waals surface area contributed by atoms with Crippen molar-refractivity contribution in [2.45, 2.75) is 111 Å². The van der Waals surface area contributed by atoms with Crippen LogP contribution in [-0.2, 0) is 21.7 Å². The molecule has 1 aromatic heterocycles. The van der Waals surface area contributed by atoms with Gasteiger partial charge in [0.1, 0.15) is 0 Å². The number of rotatable bonds is 6. The van der Waals surface area contributed by atoms with Gasteiger partial charge in [0.25, 0.3) is 0 Å². The lowest BCUT2D eigenvalue weighted by Gasteiger charge is -2.35. The maximum absolute atomic E-state index is 7.84. The van der Waals surface area contributed by atoms with Gasteiger partial charge in [-0.1, -0.05) is 217 Å². The van der Waals surface area contributed by atoms with Gasteiger partial charge >= 0.3 is 0 Å². The second-order valence-corrected chi connectivity index (χ2v) is 25.4. The Labute approximate surface area is 439 Å². The molecule has 3 aliphatic carbocycles. The van der Waals surface area contributed by atoms with Crippen LogP contribution in [0.25, 0.3) is 44.2 Å². The first-order chi connectivity index (χ1) is 35.2. The maximum atomic E-state index is 7.84. The highest BCUT2D eigenvalue weighted by Gasteiger charge is 2.53. The summed E-state index contributed by atoms with van der Waals surface area (Å²) in [6.45, 7) is 27.7. The van der Waals surface area contributed by atoms with E-state index in [4.69, 9.17) is 4.42 Å². The lowest BCUT2D eigenvalue weighted by atomic mass is 9.70. The number of furan rings is 1. The SMILES string of the molecule is CC(C)(C)c1ccc(N(C2=CCC(C(C)(C)C)C=C2)c2cc3c(c4c2oc2c(N(c5ccc(C(C)(C)C)cc5)c5ccc(C(C)(C)C)cc5)cccc24)-c2ccccc2C32c3ccccc3-c3ccccc32)cc1. The van der Waals surface area contributed by atoms with E-state index in [1.54, 1.807) is 0 Å². The molecule has 0 saturated heterocycles. The summed E-state index contributed by atoms with van der Waals surface area (Å²) in [6, 6.07) is 64.4. The molecule has 0 saturated carbocycles.